The molecule has 0 N–H and O–H groups in total. The van der Waals surface area contributed by atoms with Gasteiger partial charge in [-0.25, -0.2) is 0 Å². The van der Waals surface area contributed by atoms with Crippen molar-refractivity contribution in [3.05, 3.63) is 51.7 Å². The Kier molecular flexibility index (Phi) is 5.04. The van der Waals surface area contributed by atoms with E-state index in [1.165, 1.54) is 11.3 Å². The first kappa shape index (κ1) is 14.9. The van der Waals surface area contributed by atoms with Crippen molar-refractivity contribution in [1.29, 1.82) is 0 Å². The molecule has 0 aliphatic rings. The van der Waals surface area contributed by atoms with Crippen molar-refractivity contribution < 1.29 is 9.53 Å². The van der Waals surface area contributed by atoms with Gasteiger partial charge < -0.3 is 4.74 Å². The largest absolute Gasteiger partial charge is 0.496 e. The minimum Gasteiger partial charge on any atom is -0.496 e. The summed E-state index contributed by atoms with van der Waals surface area (Å²) >= 11 is 3.15. The molecule has 0 unspecified atom stereocenters. The molecule has 0 saturated carbocycles. The van der Waals surface area contributed by atoms with Crippen LogP contribution in [0.15, 0.2) is 41.3 Å². The molecule has 0 fully saturated rings. The molecule has 0 aliphatic carbocycles. The zero-order valence-electron chi connectivity index (χ0n) is 11.7. The van der Waals surface area contributed by atoms with Crippen LogP contribution < -0.4 is 4.74 Å². The lowest BCUT2D eigenvalue weighted by Gasteiger charge is -2.06. The lowest BCUT2D eigenvalue weighted by Crippen LogP contribution is -1.89. The van der Waals surface area contributed by atoms with Crippen LogP contribution in [0.4, 0.5) is 0 Å². The number of methoxy groups -OCH3 is 1. The number of carbonyl (C=O) groups excluding carboxylic acids is 1. The van der Waals surface area contributed by atoms with Crippen LogP contribution in [0, 0.1) is 6.92 Å². The van der Waals surface area contributed by atoms with Gasteiger partial charge in [0.2, 0.25) is 0 Å². The van der Waals surface area contributed by atoms with Crippen LogP contribution in [0.3, 0.4) is 0 Å². The number of ether oxygens (including phenoxy) is 1. The number of thiophene rings is 1. The Morgan fingerprint density at radius 1 is 1.30 bits per heavy atom. The fraction of sp³-hybridized carbons (Fsp3) is 0.188. The summed E-state index contributed by atoms with van der Waals surface area (Å²) in [7, 11) is 1.66. The quantitative estimate of drug-likeness (QED) is 0.455. The lowest BCUT2D eigenvalue weighted by molar-refractivity contribution is 0.105. The highest BCUT2D eigenvalue weighted by Crippen LogP contribution is 2.28. The summed E-state index contributed by atoms with van der Waals surface area (Å²) in [6.07, 6.45) is 5.47. The second kappa shape index (κ2) is 6.77. The molecule has 2 nitrogen and oxygen atoms in total. The Balaban J connectivity index is 2.17. The van der Waals surface area contributed by atoms with E-state index in [4.69, 9.17) is 4.74 Å². The molecular formula is C16H16O2S2. The number of hydrogen-bond acceptors (Lipinski definition) is 4. The van der Waals surface area contributed by atoms with E-state index in [0.29, 0.717) is 0 Å². The highest BCUT2D eigenvalue weighted by molar-refractivity contribution is 7.98. The van der Waals surface area contributed by atoms with E-state index in [1.807, 2.05) is 49.6 Å². The molecule has 1 heterocycles. The summed E-state index contributed by atoms with van der Waals surface area (Å²) in [6, 6.07) is 9.72. The SMILES string of the molecule is COc1ccc(/C=C/C(=O)c2ccc(C)s2)cc1SC. The zero-order chi connectivity index (χ0) is 14.5. The second-order valence-electron chi connectivity index (χ2n) is 4.22. The van der Waals surface area contributed by atoms with Gasteiger partial charge in [0.25, 0.3) is 0 Å². The highest BCUT2D eigenvalue weighted by atomic mass is 32.2. The van der Waals surface area contributed by atoms with Gasteiger partial charge in [0.1, 0.15) is 5.75 Å². The van der Waals surface area contributed by atoms with Gasteiger partial charge in [-0.05, 0) is 49.1 Å². The molecule has 2 aromatic rings. The zero-order valence-corrected chi connectivity index (χ0v) is 13.3. The molecule has 4 heteroatoms. The minimum absolute atomic E-state index is 0.0459. The average Bonchev–Trinajstić information content (AvgIpc) is 2.91. The van der Waals surface area contributed by atoms with Crippen molar-refractivity contribution in [1.82, 2.24) is 0 Å². The molecule has 0 spiro atoms. The van der Waals surface area contributed by atoms with Crippen molar-refractivity contribution in [2.75, 3.05) is 13.4 Å². The Morgan fingerprint density at radius 3 is 2.70 bits per heavy atom. The third-order valence-electron chi connectivity index (χ3n) is 2.82. The van der Waals surface area contributed by atoms with Gasteiger partial charge in [-0.2, -0.15) is 0 Å². The van der Waals surface area contributed by atoms with Crippen molar-refractivity contribution in [3.63, 3.8) is 0 Å². The van der Waals surface area contributed by atoms with Gasteiger partial charge in [-0.3, -0.25) is 4.79 Å². The first-order chi connectivity index (χ1) is 9.63. The van der Waals surface area contributed by atoms with Crippen molar-refractivity contribution >= 4 is 35.0 Å². The number of allylic oxidation sites excluding steroid dienone is 1. The third-order valence-corrected chi connectivity index (χ3v) is 4.59. The molecule has 104 valence electrons. The summed E-state index contributed by atoms with van der Waals surface area (Å²) in [5, 5.41) is 0. The Bertz CT molecular complexity index is 642. The van der Waals surface area contributed by atoms with Gasteiger partial charge in [0.05, 0.1) is 12.0 Å². The monoisotopic (exact) mass is 304 g/mol. The van der Waals surface area contributed by atoms with Crippen LogP contribution >= 0.6 is 23.1 Å². The van der Waals surface area contributed by atoms with E-state index in [-0.39, 0.29) is 5.78 Å². The van der Waals surface area contributed by atoms with Crippen molar-refractivity contribution in [2.45, 2.75) is 11.8 Å². The fourth-order valence-corrected chi connectivity index (χ4v) is 3.17. The topological polar surface area (TPSA) is 26.3 Å². The molecule has 0 radical (unpaired) electrons. The van der Waals surface area contributed by atoms with E-state index >= 15 is 0 Å². The lowest BCUT2D eigenvalue weighted by atomic mass is 10.2. The van der Waals surface area contributed by atoms with Crippen LogP contribution in [0.25, 0.3) is 6.08 Å². The maximum atomic E-state index is 12.0. The summed E-state index contributed by atoms with van der Waals surface area (Å²) in [6.45, 7) is 2.00. The molecule has 0 saturated heterocycles. The number of thioether (sulfide) groups is 1. The molecule has 1 aromatic heterocycles. The van der Waals surface area contributed by atoms with Gasteiger partial charge >= 0.3 is 0 Å². The van der Waals surface area contributed by atoms with E-state index in [1.54, 1.807) is 24.9 Å². The van der Waals surface area contributed by atoms with Gasteiger partial charge in [0, 0.05) is 9.77 Å². The summed E-state index contributed by atoms with van der Waals surface area (Å²) < 4.78 is 5.28. The molecule has 2 rings (SSSR count). The summed E-state index contributed by atoms with van der Waals surface area (Å²) in [4.78, 5) is 15.0. The van der Waals surface area contributed by atoms with Crippen molar-refractivity contribution in [2.24, 2.45) is 0 Å². The van der Waals surface area contributed by atoms with Gasteiger partial charge in [0.15, 0.2) is 5.78 Å². The fourth-order valence-electron chi connectivity index (χ4n) is 1.78. The van der Waals surface area contributed by atoms with E-state index < -0.39 is 0 Å². The maximum Gasteiger partial charge on any atom is 0.195 e. The van der Waals surface area contributed by atoms with Crippen LogP contribution in [-0.2, 0) is 0 Å². The van der Waals surface area contributed by atoms with Gasteiger partial charge in [-0.15, -0.1) is 23.1 Å². The number of hydrogen-bond donors (Lipinski definition) is 0. The van der Waals surface area contributed by atoms with Crippen LogP contribution in [-0.4, -0.2) is 19.1 Å². The third kappa shape index (κ3) is 3.52. The molecule has 20 heavy (non-hydrogen) atoms. The molecule has 0 bridgehead atoms. The Labute approximate surface area is 127 Å². The summed E-state index contributed by atoms with van der Waals surface area (Å²) in [5.74, 6) is 0.902. The predicted octanol–water partition coefficient (Wildman–Crippen LogP) is 4.68. The van der Waals surface area contributed by atoms with Crippen LogP contribution in [0.5, 0.6) is 5.75 Å². The molecule has 0 aliphatic heterocycles. The number of benzene rings is 1. The van der Waals surface area contributed by atoms with Crippen molar-refractivity contribution in [3.8, 4) is 5.75 Å². The molecule has 0 amide bonds. The summed E-state index contributed by atoms with van der Waals surface area (Å²) in [5.41, 5.74) is 0.997. The number of rotatable bonds is 5. The smallest absolute Gasteiger partial charge is 0.195 e. The van der Waals surface area contributed by atoms with Crippen LogP contribution in [0.2, 0.25) is 0 Å². The first-order valence-electron chi connectivity index (χ1n) is 6.15. The van der Waals surface area contributed by atoms with E-state index in [9.17, 15) is 4.79 Å². The first-order valence-corrected chi connectivity index (χ1v) is 8.19. The normalized spacial score (nSPS) is 10.9. The molecular weight excluding hydrogens is 288 g/mol. The number of carbonyl (C=O) groups is 1. The minimum atomic E-state index is 0.0459. The average molecular weight is 304 g/mol. The predicted molar refractivity (Wildman–Crippen MR) is 87.2 cm³/mol. The van der Waals surface area contributed by atoms with E-state index in [0.717, 1.165) is 26.0 Å². The Hall–Kier alpha value is -1.52. The highest BCUT2D eigenvalue weighted by Gasteiger charge is 2.05. The standard InChI is InChI=1S/C16H16O2S2/c1-11-4-9-15(20-11)13(17)7-5-12-6-8-14(18-2)16(10-12)19-3/h4-10H,1-3H3/b7-5+. The molecule has 1 aromatic carbocycles. The second-order valence-corrected chi connectivity index (χ2v) is 6.36. The molecule has 0 atom stereocenters. The number of aryl methyl sites for hydroxylation is 1. The number of ketones is 1. The van der Waals surface area contributed by atoms with Crippen LogP contribution in [0.1, 0.15) is 20.1 Å². The Morgan fingerprint density at radius 2 is 2.10 bits per heavy atom. The maximum absolute atomic E-state index is 12.0. The van der Waals surface area contributed by atoms with E-state index in [2.05, 4.69) is 0 Å². The van der Waals surface area contributed by atoms with Gasteiger partial charge in [-0.1, -0.05) is 12.1 Å².